The van der Waals surface area contributed by atoms with Crippen LogP contribution in [0.2, 0.25) is 0 Å². The molecular weight excluding hydrogens is 291 g/mol. The van der Waals surface area contributed by atoms with Crippen molar-refractivity contribution in [2.75, 3.05) is 18.4 Å². The molecule has 2 N–H and O–H groups in total. The van der Waals surface area contributed by atoms with Gasteiger partial charge in [0.25, 0.3) is 0 Å². The highest BCUT2D eigenvalue weighted by atomic mass is 19.1. The third kappa shape index (κ3) is 6.10. The zero-order chi connectivity index (χ0) is 16.7. The molecule has 2 rings (SSSR count). The van der Waals surface area contributed by atoms with Crippen LogP contribution < -0.4 is 10.6 Å². The van der Waals surface area contributed by atoms with Gasteiger partial charge in [-0.2, -0.15) is 0 Å². The van der Waals surface area contributed by atoms with Crippen LogP contribution in [-0.4, -0.2) is 19.0 Å². The first-order chi connectivity index (χ1) is 11.0. The molecule has 2 aromatic rings. The maximum atomic E-state index is 12.8. The topological polar surface area (TPSA) is 41.1 Å². The molecule has 23 heavy (non-hydrogen) atoms. The van der Waals surface area contributed by atoms with Crippen molar-refractivity contribution >= 4 is 11.6 Å². The minimum Gasteiger partial charge on any atom is -0.385 e. The van der Waals surface area contributed by atoms with E-state index in [0.29, 0.717) is 25.9 Å². The number of anilines is 1. The number of amides is 1. The van der Waals surface area contributed by atoms with E-state index in [4.69, 9.17) is 0 Å². The molecule has 0 fully saturated rings. The first-order valence-electron chi connectivity index (χ1n) is 7.86. The fourth-order valence-electron chi connectivity index (χ4n) is 2.48. The van der Waals surface area contributed by atoms with Gasteiger partial charge < -0.3 is 10.6 Å². The maximum Gasteiger partial charge on any atom is 0.221 e. The second-order valence-corrected chi connectivity index (χ2v) is 5.78. The normalized spacial score (nSPS) is 10.4. The van der Waals surface area contributed by atoms with E-state index in [-0.39, 0.29) is 11.7 Å². The average Bonchev–Trinajstić information content (AvgIpc) is 2.48. The van der Waals surface area contributed by atoms with Crippen LogP contribution in [0, 0.1) is 19.7 Å². The summed E-state index contributed by atoms with van der Waals surface area (Å²) >= 11 is 0. The Morgan fingerprint density at radius 1 is 1.00 bits per heavy atom. The second kappa shape index (κ2) is 8.32. The highest BCUT2D eigenvalue weighted by Crippen LogP contribution is 2.13. The fourth-order valence-corrected chi connectivity index (χ4v) is 2.48. The van der Waals surface area contributed by atoms with E-state index >= 15 is 0 Å². The number of halogens is 1. The zero-order valence-corrected chi connectivity index (χ0v) is 13.7. The zero-order valence-electron chi connectivity index (χ0n) is 13.7. The van der Waals surface area contributed by atoms with Crippen LogP contribution in [0.3, 0.4) is 0 Å². The van der Waals surface area contributed by atoms with Crippen LogP contribution in [0.5, 0.6) is 0 Å². The van der Waals surface area contributed by atoms with E-state index in [1.54, 1.807) is 12.1 Å². The van der Waals surface area contributed by atoms with Crippen molar-refractivity contribution < 1.29 is 9.18 Å². The van der Waals surface area contributed by atoms with Gasteiger partial charge in [-0.25, -0.2) is 4.39 Å². The lowest BCUT2D eigenvalue weighted by atomic mass is 10.1. The van der Waals surface area contributed by atoms with Crippen molar-refractivity contribution in [3.05, 3.63) is 65.0 Å². The summed E-state index contributed by atoms with van der Waals surface area (Å²) in [5, 5.41) is 6.15. The molecule has 3 nitrogen and oxygen atoms in total. The van der Waals surface area contributed by atoms with E-state index in [0.717, 1.165) is 11.3 Å². The van der Waals surface area contributed by atoms with Crippen LogP contribution in [-0.2, 0) is 11.2 Å². The Kier molecular flexibility index (Phi) is 6.15. The van der Waals surface area contributed by atoms with Crippen LogP contribution in [0.25, 0.3) is 0 Å². The molecule has 4 heteroatoms. The summed E-state index contributed by atoms with van der Waals surface area (Å²) in [6, 6.07) is 12.6. The highest BCUT2D eigenvalue weighted by Gasteiger charge is 2.02. The number of nitrogens with one attached hydrogen (secondary N) is 2. The molecule has 0 atom stereocenters. The number of hydrogen-bond donors (Lipinski definition) is 2. The molecule has 0 radical (unpaired) electrons. The SMILES string of the molecule is Cc1cc(C)cc(NCCC(=O)NCCc2ccc(F)cc2)c1. The monoisotopic (exact) mass is 314 g/mol. The van der Waals surface area contributed by atoms with Crippen molar-refractivity contribution in [3.8, 4) is 0 Å². The van der Waals surface area contributed by atoms with Crippen LogP contribution >= 0.6 is 0 Å². The molecule has 0 aliphatic heterocycles. The number of rotatable bonds is 7. The Hall–Kier alpha value is -2.36. The second-order valence-electron chi connectivity index (χ2n) is 5.78. The molecule has 0 saturated carbocycles. The summed E-state index contributed by atoms with van der Waals surface area (Å²) in [4.78, 5) is 11.8. The standard InChI is InChI=1S/C19H23FN2O/c1-14-11-15(2)13-18(12-14)21-10-8-19(23)22-9-7-16-3-5-17(20)6-4-16/h3-6,11-13,21H,7-10H2,1-2H3,(H,22,23). The number of benzene rings is 2. The molecule has 2 aromatic carbocycles. The Balaban J connectivity index is 1.66. The fraction of sp³-hybridized carbons (Fsp3) is 0.316. The maximum absolute atomic E-state index is 12.8. The Morgan fingerprint density at radius 3 is 2.30 bits per heavy atom. The molecule has 0 aromatic heterocycles. The van der Waals surface area contributed by atoms with Gasteiger partial charge in [-0.05, 0) is 61.2 Å². The van der Waals surface area contributed by atoms with E-state index in [1.807, 2.05) is 0 Å². The smallest absolute Gasteiger partial charge is 0.221 e. The third-order valence-electron chi connectivity index (χ3n) is 3.55. The summed E-state index contributed by atoms with van der Waals surface area (Å²) in [6.07, 6.45) is 1.13. The largest absolute Gasteiger partial charge is 0.385 e. The summed E-state index contributed by atoms with van der Waals surface area (Å²) in [7, 11) is 0. The van der Waals surface area contributed by atoms with Gasteiger partial charge in [0.15, 0.2) is 0 Å². The molecule has 0 unspecified atom stereocenters. The third-order valence-corrected chi connectivity index (χ3v) is 3.55. The number of hydrogen-bond acceptors (Lipinski definition) is 2. The summed E-state index contributed by atoms with van der Waals surface area (Å²) in [6.45, 7) is 5.28. The molecule has 0 aliphatic carbocycles. The predicted octanol–water partition coefficient (Wildman–Crippen LogP) is 3.60. The summed E-state index contributed by atoms with van der Waals surface area (Å²) in [5.41, 5.74) is 4.47. The quantitative estimate of drug-likeness (QED) is 0.820. The molecule has 0 saturated heterocycles. The molecule has 1 amide bonds. The van der Waals surface area contributed by atoms with Gasteiger partial charge in [-0.15, -0.1) is 0 Å². The van der Waals surface area contributed by atoms with Crippen molar-refractivity contribution in [2.24, 2.45) is 0 Å². The van der Waals surface area contributed by atoms with Gasteiger partial charge in [0, 0.05) is 25.2 Å². The van der Waals surface area contributed by atoms with Crippen LogP contribution in [0.1, 0.15) is 23.1 Å². The van der Waals surface area contributed by atoms with E-state index in [2.05, 4.69) is 42.7 Å². The molecule has 0 heterocycles. The Bertz CT molecular complexity index is 633. The van der Waals surface area contributed by atoms with Gasteiger partial charge in [0.05, 0.1) is 0 Å². The lowest BCUT2D eigenvalue weighted by Crippen LogP contribution is -2.27. The average molecular weight is 314 g/mol. The van der Waals surface area contributed by atoms with Crippen LogP contribution in [0.15, 0.2) is 42.5 Å². The van der Waals surface area contributed by atoms with Crippen molar-refractivity contribution in [1.82, 2.24) is 5.32 Å². The first kappa shape index (κ1) is 17.0. The van der Waals surface area contributed by atoms with Gasteiger partial charge in [0.2, 0.25) is 5.91 Å². The van der Waals surface area contributed by atoms with E-state index < -0.39 is 0 Å². The minimum absolute atomic E-state index is 0.0176. The van der Waals surface area contributed by atoms with Crippen molar-refractivity contribution in [2.45, 2.75) is 26.7 Å². The van der Waals surface area contributed by atoms with Gasteiger partial charge in [0.1, 0.15) is 5.82 Å². The lowest BCUT2D eigenvalue weighted by Gasteiger charge is -2.09. The molecule has 122 valence electrons. The first-order valence-corrected chi connectivity index (χ1v) is 7.86. The lowest BCUT2D eigenvalue weighted by molar-refractivity contribution is -0.120. The summed E-state index contributed by atoms with van der Waals surface area (Å²) in [5.74, 6) is -0.223. The van der Waals surface area contributed by atoms with Gasteiger partial charge in [-0.3, -0.25) is 4.79 Å². The number of carbonyl (C=O) groups excluding carboxylic acids is 1. The Labute approximate surface area is 136 Å². The number of carbonyl (C=O) groups is 1. The van der Waals surface area contributed by atoms with E-state index in [9.17, 15) is 9.18 Å². The van der Waals surface area contributed by atoms with Crippen LogP contribution in [0.4, 0.5) is 10.1 Å². The molecule has 0 aliphatic rings. The summed E-state index contributed by atoms with van der Waals surface area (Å²) < 4.78 is 12.8. The molecule has 0 spiro atoms. The van der Waals surface area contributed by atoms with E-state index in [1.165, 1.54) is 23.3 Å². The predicted molar refractivity (Wildman–Crippen MR) is 92.1 cm³/mol. The number of aryl methyl sites for hydroxylation is 2. The highest BCUT2D eigenvalue weighted by molar-refractivity contribution is 5.76. The molecular formula is C19H23FN2O. The van der Waals surface area contributed by atoms with Gasteiger partial charge >= 0.3 is 0 Å². The molecule has 0 bridgehead atoms. The van der Waals surface area contributed by atoms with Crippen molar-refractivity contribution in [3.63, 3.8) is 0 Å². The Morgan fingerprint density at radius 2 is 1.65 bits per heavy atom. The van der Waals surface area contributed by atoms with Crippen molar-refractivity contribution in [1.29, 1.82) is 0 Å². The minimum atomic E-state index is -0.241. The van der Waals surface area contributed by atoms with Gasteiger partial charge in [-0.1, -0.05) is 18.2 Å².